The number of nitrogens with zero attached hydrogens (tertiary/aromatic N) is 1. The number of alkyl halides is 3. The standard InChI is InChI=1S/C16H19F3N2O3S/c1-4-10(3)21-25(22,23)14-8-12(7-6-11(14)5-2)13-9-15(24-20-13)16(17,18)19/h6-10,21H,4-5H2,1-3H3/t10-/m1/s1. The lowest BCUT2D eigenvalue weighted by Gasteiger charge is -2.15. The molecule has 0 aliphatic carbocycles. The Labute approximate surface area is 144 Å². The van der Waals surface area contributed by atoms with Gasteiger partial charge in [-0.05, 0) is 31.4 Å². The largest absolute Gasteiger partial charge is 0.452 e. The summed E-state index contributed by atoms with van der Waals surface area (Å²) in [6.45, 7) is 5.38. The summed E-state index contributed by atoms with van der Waals surface area (Å²) in [5.41, 5.74) is 0.732. The van der Waals surface area contributed by atoms with E-state index in [2.05, 4.69) is 14.4 Å². The van der Waals surface area contributed by atoms with Gasteiger partial charge >= 0.3 is 6.18 Å². The zero-order valence-electron chi connectivity index (χ0n) is 14.0. The zero-order valence-corrected chi connectivity index (χ0v) is 14.8. The minimum absolute atomic E-state index is 0.0318. The second-order valence-electron chi connectivity index (χ2n) is 5.68. The third kappa shape index (κ3) is 4.40. The molecule has 25 heavy (non-hydrogen) atoms. The Morgan fingerprint density at radius 1 is 1.24 bits per heavy atom. The van der Waals surface area contributed by atoms with Crippen LogP contribution in [0, 0.1) is 0 Å². The minimum atomic E-state index is -4.65. The van der Waals surface area contributed by atoms with Crippen molar-refractivity contribution in [2.45, 2.75) is 50.7 Å². The lowest BCUT2D eigenvalue weighted by Crippen LogP contribution is -2.32. The first-order valence-electron chi connectivity index (χ1n) is 7.78. The zero-order chi connectivity index (χ0) is 18.8. The Kier molecular flexibility index (Phi) is 5.58. The number of rotatable bonds is 6. The molecule has 1 N–H and O–H groups in total. The summed E-state index contributed by atoms with van der Waals surface area (Å²) in [5, 5.41) is 3.40. The molecular weight excluding hydrogens is 357 g/mol. The highest BCUT2D eigenvalue weighted by molar-refractivity contribution is 7.89. The summed E-state index contributed by atoms with van der Waals surface area (Å²) < 4.78 is 70.0. The number of hydrogen-bond donors (Lipinski definition) is 1. The van der Waals surface area contributed by atoms with Gasteiger partial charge in [0.2, 0.25) is 15.8 Å². The van der Waals surface area contributed by atoms with Crippen LogP contribution in [0.25, 0.3) is 11.3 Å². The minimum Gasteiger partial charge on any atom is -0.351 e. The number of benzene rings is 1. The van der Waals surface area contributed by atoms with E-state index in [-0.39, 0.29) is 22.2 Å². The number of hydrogen-bond acceptors (Lipinski definition) is 4. The molecule has 5 nitrogen and oxygen atoms in total. The van der Waals surface area contributed by atoms with Crippen molar-refractivity contribution in [2.24, 2.45) is 0 Å². The summed E-state index contributed by atoms with van der Waals surface area (Å²) in [6.07, 6.45) is -3.58. The first-order valence-corrected chi connectivity index (χ1v) is 9.26. The topological polar surface area (TPSA) is 72.2 Å². The summed E-state index contributed by atoms with van der Waals surface area (Å²) >= 11 is 0. The molecule has 0 aliphatic heterocycles. The van der Waals surface area contributed by atoms with Gasteiger partial charge in [0.25, 0.3) is 0 Å². The molecule has 138 valence electrons. The molecule has 1 atom stereocenters. The predicted octanol–water partition coefficient (Wildman–Crippen LogP) is 4.00. The third-order valence-electron chi connectivity index (χ3n) is 3.79. The first-order chi connectivity index (χ1) is 11.6. The Morgan fingerprint density at radius 2 is 1.92 bits per heavy atom. The van der Waals surface area contributed by atoms with Crippen molar-refractivity contribution in [3.8, 4) is 11.3 Å². The lowest BCUT2D eigenvalue weighted by atomic mass is 10.1. The van der Waals surface area contributed by atoms with E-state index in [9.17, 15) is 21.6 Å². The maximum atomic E-state index is 12.6. The van der Waals surface area contributed by atoms with Gasteiger partial charge < -0.3 is 4.52 Å². The fraction of sp³-hybridized carbons (Fsp3) is 0.438. The van der Waals surface area contributed by atoms with E-state index in [1.165, 1.54) is 12.1 Å². The number of aryl methyl sites for hydroxylation is 1. The SMILES string of the molecule is CCc1ccc(-c2cc(C(F)(F)F)on2)cc1S(=O)(=O)N[C@H](C)CC. The molecule has 0 aliphatic rings. The van der Waals surface area contributed by atoms with E-state index in [0.29, 0.717) is 18.4 Å². The number of halogens is 3. The van der Waals surface area contributed by atoms with Crippen LogP contribution < -0.4 is 4.72 Å². The summed E-state index contributed by atoms with van der Waals surface area (Å²) in [6, 6.07) is 4.91. The van der Waals surface area contributed by atoms with Gasteiger partial charge in [-0.1, -0.05) is 31.1 Å². The van der Waals surface area contributed by atoms with E-state index in [0.717, 1.165) is 6.07 Å². The molecule has 0 radical (unpaired) electrons. The fourth-order valence-electron chi connectivity index (χ4n) is 2.21. The molecular formula is C16H19F3N2O3S. The molecule has 0 unspecified atom stereocenters. The molecule has 2 aromatic rings. The molecule has 0 bridgehead atoms. The van der Waals surface area contributed by atoms with Crippen molar-refractivity contribution < 1.29 is 26.1 Å². The fourth-order valence-corrected chi connectivity index (χ4v) is 3.88. The molecule has 0 saturated heterocycles. The van der Waals surface area contributed by atoms with E-state index in [4.69, 9.17) is 0 Å². The smallest absolute Gasteiger partial charge is 0.351 e. The van der Waals surface area contributed by atoms with Gasteiger partial charge in [0.1, 0.15) is 5.69 Å². The molecule has 2 rings (SSSR count). The van der Waals surface area contributed by atoms with Crippen molar-refractivity contribution in [3.05, 3.63) is 35.6 Å². The average molecular weight is 376 g/mol. The monoisotopic (exact) mass is 376 g/mol. The molecule has 0 amide bonds. The van der Waals surface area contributed by atoms with Crippen LogP contribution in [0.4, 0.5) is 13.2 Å². The van der Waals surface area contributed by atoms with Crippen LogP contribution in [-0.4, -0.2) is 19.6 Å². The average Bonchev–Trinajstić information content (AvgIpc) is 3.04. The van der Waals surface area contributed by atoms with Crippen molar-refractivity contribution in [1.82, 2.24) is 9.88 Å². The van der Waals surface area contributed by atoms with Crippen molar-refractivity contribution in [1.29, 1.82) is 0 Å². The van der Waals surface area contributed by atoms with Gasteiger partial charge in [0.15, 0.2) is 0 Å². The highest BCUT2D eigenvalue weighted by Crippen LogP contribution is 2.33. The quantitative estimate of drug-likeness (QED) is 0.827. The van der Waals surface area contributed by atoms with Crippen molar-refractivity contribution in [3.63, 3.8) is 0 Å². The van der Waals surface area contributed by atoms with Gasteiger partial charge in [-0.25, -0.2) is 13.1 Å². The number of aromatic nitrogens is 1. The second-order valence-corrected chi connectivity index (χ2v) is 7.36. The van der Waals surface area contributed by atoms with Gasteiger partial charge in [0, 0.05) is 17.7 Å². The molecule has 9 heteroatoms. The molecule has 0 fully saturated rings. The van der Waals surface area contributed by atoms with Crippen LogP contribution in [0.5, 0.6) is 0 Å². The van der Waals surface area contributed by atoms with Crippen LogP contribution in [0.1, 0.15) is 38.5 Å². The first kappa shape index (κ1) is 19.5. The predicted molar refractivity (Wildman–Crippen MR) is 86.4 cm³/mol. The maximum Gasteiger partial charge on any atom is 0.452 e. The van der Waals surface area contributed by atoms with Crippen LogP contribution in [0.2, 0.25) is 0 Å². The maximum absolute atomic E-state index is 12.6. The van der Waals surface area contributed by atoms with Crippen LogP contribution >= 0.6 is 0 Å². The van der Waals surface area contributed by atoms with Crippen molar-refractivity contribution in [2.75, 3.05) is 0 Å². The highest BCUT2D eigenvalue weighted by atomic mass is 32.2. The Morgan fingerprint density at radius 3 is 2.44 bits per heavy atom. The third-order valence-corrected chi connectivity index (χ3v) is 5.46. The lowest BCUT2D eigenvalue weighted by molar-refractivity contribution is -0.155. The Bertz CT molecular complexity index is 845. The molecule has 1 aromatic carbocycles. The molecule has 1 aromatic heterocycles. The number of nitrogens with one attached hydrogen (secondary N) is 1. The van der Waals surface area contributed by atoms with Crippen LogP contribution in [-0.2, 0) is 22.6 Å². The Hall–Kier alpha value is -1.87. The van der Waals surface area contributed by atoms with Crippen LogP contribution in [0.3, 0.4) is 0 Å². The Balaban J connectivity index is 2.49. The molecule has 0 spiro atoms. The molecule has 0 saturated carbocycles. The summed E-state index contributed by atoms with van der Waals surface area (Å²) in [5.74, 6) is -1.23. The second kappa shape index (κ2) is 7.17. The van der Waals surface area contributed by atoms with E-state index >= 15 is 0 Å². The summed E-state index contributed by atoms with van der Waals surface area (Å²) in [7, 11) is -3.80. The van der Waals surface area contributed by atoms with Gasteiger partial charge in [0.05, 0.1) is 4.90 Å². The normalized spacial score (nSPS) is 13.8. The van der Waals surface area contributed by atoms with Gasteiger partial charge in [-0.3, -0.25) is 0 Å². The van der Waals surface area contributed by atoms with Gasteiger partial charge in [-0.15, -0.1) is 0 Å². The van der Waals surface area contributed by atoms with Crippen LogP contribution in [0.15, 0.2) is 33.7 Å². The van der Waals surface area contributed by atoms with Gasteiger partial charge in [-0.2, -0.15) is 13.2 Å². The number of sulfonamides is 1. The molecule has 1 heterocycles. The van der Waals surface area contributed by atoms with E-state index in [1.807, 2.05) is 6.92 Å². The van der Waals surface area contributed by atoms with E-state index in [1.54, 1.807) is 19.9 Å². The van der Waals surface area contributed by atoms with Crippen molar-refractivity contribution >= 4 is 10.0 Å². The summed E-state index contributed by atoms with van der Waals surface area (Å²) in [4.78, 5) is 0.0318. The highest BCUT2D eigenvalue weighted by Gasteiger charge is 2.36. The van der Waals surface area contributed by atoms with E-state index < -0.39 is 22.0 Å².